The van der Waals surface area contributed by atoms with E-state index in [-0.39, 0.29) is 15.6 Å². The van der Waals surface area contributed by atoms with Gasteiger partial charge in [-0.05, 0) is 60.7 Å². The molecule has 0 atom stereocenters. The summed E-state index contributed by atoms with van der Waals surface area (Å²) in [7, 11) is -1.55. The number of hydrogen-bond acceptors (Lipinski definition) is 7. The van der Waals surface area contributed by atoms with Gasteiger partial charge in [0.05, 0.1) is 14.7 Å². The molecular formula is C29H44N4O2S3. The zero-order valence-corrected chi connectivity index (χ0v) is 26.3. The summed E-state index contributed by atoms with van der Waals surface area (Å²) < 4.78 is 26.5. The second-order valence-electron chi connectivity index (χ2n) is 8.28. The van der Waals surface area contributed by atoms with Gasteiger partial charge in [0.15, 0.2) is 0 Å². The van der Waals surface area contributed by atoms with E-state index >= 15 is 0 Å². The molecule has 1 aliphatic rings. The summed E-state index contributed by atoms with van der Waals surface area (Å²) in [5.74, 6) is -0.126. The molecule has 4 rings (SSSR count). The molecule has 2 aromatic carbocycles. The Hall–Kier alpha value is -2.17. The minimum atomic E-state index is -3.70. The number of nitrogens with zero attached hydrogens (tertiary/aromatic N) is 2. The largest absolute Gasteiger partial charge is 0.383 e. The van der Waals surface area contributed by atoms with Crippen molar-refractivity contribution in [3.05, 3.63) is 69.9 Å². The number of hydrogen-bond donors (Lipinski definition) is 3. The molecule has 9 heteroatoms. The molecular weight excluding hydrogens is 533 g/mol. The zero-order chi connectivity index (χ0) is 28.9. The quantitative estimate of drug-likeness (QED) is 0.185. The number of aryl methyl sites for hydroxylation is 1. The first-order valence-electron chi connectivity index (χ1n) is 13.0. The maximum Gasteiger partial charge on any atom is 0.207 e. The minimum absolute atomic E-state index is 0.126. The molecule has 0 saturated carbocycles. The highest BCUT2D eigenvalue weighted by atomic mass is 32.2. The van der Waals surface area contributed by atoms with Gasteiger partial charge in [-0.3, -0.25) is 10.3 Å². The molecule has 0 radical (unpaired) electrons. The number of nitrogens with one attached hydrogen (secondary N) is 1. The van der Waals surface area contributed by atoms with E-state index in [0.717, 1.165) is 49.4 Å². The van der Waals surface area contributed by atoms with E-state index < -0.39 is 9.84 Å². The lowest BCUT2D eigenvalue weighted by Gasteiger charge is -2.33. The number of rotatable bonds is 6. The maximum atomic E-state index is 13.3. The fourth-order valence-corrected chi connectivity index (χ4v) is 6.52. The van der Waals surface area contributed by atoms with E-state index in [1.165, 1.54) is 23.0 Å². The van der Waals surface area contributed by atoms with Crippen molar-refractivity contribution in [2.75, 3.05) is 39.5 Å². The third-order valence-corrected chi connectivity index (χ3v) is 8.78. The van der Waals surface area contributed by atoms with E-state index in [9.17, 15) is 8.42 Å². The third-order valence-electron chi connectivity index (χ3n) is 5.93. The van der Waals surface area contributed by atoms with Crippen molar-refractivity contribution in [3.63, 3.8) is 0 Å². The summed E-state index contributed by atoms with van der Waals surface area (Å²) in [6.45, 7) is 15.1. The summed E-state index contributed by atoms with van der Waals surface area (Å²) in [5.41, 5.74) is 9.85. The van der Waals surface area contributed by atoms with Crippen LogP contribution in [0.25, 0.3) is 11.1 Å². The number of nitrogens with two attached hydrogens (primary N) is 1. The van der Waals surface area contributed by atoms with Crippen molar-refractivity contribution >= 4 is 39.6 Å². The summed E-state index contributed by atoms with van der Waals surface area (Å²) in [6, 6.07) is 14.9. The van der Waals surface area contributed by atoms with E-state index in [1.54, 1.807) is 29.8 Å². The molecule has 3 aromatic rings. The number of piperazine rings is 1. The molecule has 6 nitrogen and oxygen atoms in total. The van der Waals surface area contributed by atoms with Crippen molar-refractivity contribution in [3.8, 4) is 11.1 Å². The Morgan fingerprint density at radius 2 is 1.58 bits per heavy atom. The first-order valence-corrected chi connectivity index (χ1v) is 16.2. The summed E-state index contributed by atoms with van der Waals surface area (Å²) in [6.07, 6.45) is 1.69. The van der Waals surface area contributed by atoms with Crippen LogP contribution in [0.2, 0.25) is 0 Å². The van der Waals surface area contributed by atoms with Gasteiger partial charge in [-0.15, -0.1) is 11.3 Å². The average molecular weight is 577 g/mol. The van der Waals surface area contributed by atoms with E-state index in [1.807, 2.05) is 33.8 Å². The van der Waals surface area contributed by atoms with Gasteiger partial charge >= 0.3 is 0 Å². The fraction of sp³-hybridized carbons (Fsp3) is 0.414. The Balaban J connectivity index is 0.00000112. The van der Waals surface area contributed by atoms with Crippen LogP contribution in [0.3, 0.4) is 0 Å². The van der Waals surface area contributed by atoms with Crippen molar-refractivity contribution in [2.45, 2.75) is 51.0 Å². The summed E-state index contributed by atoms with van der Waals surface area (Å²) >= 11 is 4.69. The van der Waals surface area contributed by atoms with Crippen molar-refractivity contribution in [1.29, 1.82) is 5.41 Å². The Bertz CT molecular complexity index is 1250. The Labute approximate surface area is 239 Å². The van der Waals surface area contributed by atoms with E-state index in [0.29, 0.717) is 4.88 Å². The van der Waals surface area contributed by atoms with Gasteiger partial charge in [0.25, 0.3) is 0 Å². The fourth-order valence-electron chi connectivity index (χ4n) is 4.08. The minimum Gasteiger partial charge on any atom is -0.383 e. The van der Waals surface area contributed by atoms with Gasteiger partial charge in [-0.2, -0.15) is 12.6 Å². The molecule has 0 spiro atoms. The highest BCUT2D eigenvalue weighted by Crippen LogP contribution is 2.32. The van der Waals surface area contributed by atoms with Gasteiger partial charge in [-0.25, -0.2) is 8.42 Å². The van der Waals surface area contributed by atoms with Crippen molar-refractivity contribution in [1.82, 2.24) is 9.80 Å². The average Bonchev–Trinajstić information content (AvgIpc) is 3.46. The number of amidine groups is 1. The predicted molar refractivity (Wildman–Crippen MR) is 168 cm³/mol. The number of nitrogen functional groups attached to an aromatic ring is 1. The van der Waals surface area contributed by atoms with Gasteiger partial charge in [0, 0.05) is 38.1 Å². The standard InChI is InChI=1S/C24H28N4O2S2.2C2H6.CH4S/c1-17-5-3-7-19(15-28-11-9-27(2)10-12-28)23(17)18-6-4-8-20(13-18)32(29,30)21-14-22(24(25)26)31-16-21;3*1-2/h3-8,13-14,16H,9-12,15H2,1-2H3,(H3,25,26);2*1-2H3;2H,1H3. The van der Waals surface area contributed by atoms with Crippen LogP contribution in [0.4, 0.5) is 0 Å². The van der Waals surface area contributed by atoms with Crippen LogP contribution in [-0.4, -0.2) is 63.5 Å². The van der Waals surface area contributed by atoms with Crippen LogP contribution in [0.1, 0.15) is 43.7 Å². The Kier molecular flexibility index (Phi) is 14.9. The van der Waals surface area contributed by atoms with Gasteiger partial charge in [0.2, 0.25) is 9.84 Å². The molecule has 1 aliphatic heterocycles. The van der Waals surface area contributed by atoms with Gasteiger partial charge < -0.3 is 10.6 Å². The van der Waals surface area contributed by atoms with Crippen molar-refractivity contribution in [2.24, 2.45) is 5.73 Å². The molecule has 0 unspecified atom stereocenters. The summed E-state index contributed by atoms with van der Waals surface area (Å²) in [5, 5.41) is 9.10. The molecule has 3 N–H and O–H groups in total. The Morgan fingerprint density at radius 3 is 2.16 bits per heavy atom. The number of thiophene rings is 1. The number of thiol groups is 1. The molecule has 38 heavy (non-hydrogen) atoms. The van der Waals surface area contributed by atoms with Crippen LogP contribution >= 0.6 is 24.0 Å². The van der Waals surface area contributed by atoms with Crippen LogP contribution in [0.15, 0.2) is 63.7 Å². The molecule has 1 aromatic heterocycles. The lowest BCUT2D eigenvalue weighted by Crippen LogP contribution is -2.43. The topological polar surface area (TPSA) is 90.5 Å². The van der Waals surface area contributed by atoms with Gasteiger partial charge in [-0.1, -0.05) is 58.0 Å². The lowest BCUT2D eigenvalue weighted by molar-refractivity contribution is 0.148. The molecule has 0 aliphatic carbocycles. The van der Waals surface area contributed by atoms with Crippen LogP contribution in [0.5, 0.6) is 0 Å². The Morgan fingerprint density at radius 1 is 0.974 bits per heavy atom. The number of sulfone groups is 1. The molecule has 1 saturated heterocycles. The van der Waals surface area contributed by atoms with Gasteiger partial charge in [0.1, 0.15) is 5.84 Å². The lowest BCUT2D eigenvalue weighted by atomic mass is 9.94. The summed E-state index contributed by atoms with van der Waals surface area (Å²) in [4.78, 5) is 5.66. The molecule has 0 amide bonds. The monoisotopic (exact) mass is 576 g/mol. The molecule has 1 fully saturated rings. The first kappa shape index (κ1) is 33.9. The predicted octanol–water partition coefficient (Wildman–Crippen LogP) is 6.19. The molecule has 0 bridgehead atoms. The van der Waals surface area contributed by atoms with Crippen molar-refractivity contribution < 1.29 is 8.42 Å². The highest BCUT2D eigenvalue weighted by molar-refractivity contribution is 7.91. The van der Waals surface area contributed by atoms with Crippen LogP contribution < -0.4 is 5.73 Å². The molecule has 210 valence electrons. The maximum absolute atomic E-state index is 13.3. The second kappa shape index (κ2) is 16.7. The first-order chi connectivity index (χ1) is 18.3. The van der Waals surface area contributed by atoms with Crippen LogP contribution in [-0.2, 0) is 16.4 Å². The number of likely N-dealkylation sites (N-methyl/N-ethyl adjacent to an activating group) is 1. The number of benzene rings is 2. The second-order valence-corrected chi connectivity index (χ2v) is 11.1. The van der Waals surface area contributed by atoms with E-state index in [2.05, 4.69) is 54.6 Å². The SMILES string of the molecule is CC.CC.CS.Cc1cccc(CN2CCN(C)CC2)c1-c1cccc(S(=O)(=O)c2csc(C(=N)N)c2)c1. The van der Waals surface area contributed by atoms with E-state index in [4.69, 9.17) is 11.1 Å². The van der Waals surface area contributed by atoms with Crippen LogP contribution in [0, 0.1) is 12.3 Å². The highest BCUT2D eigenvalue weighted by Gasteiger charge is 2.22. The zero-order valence-electron chi connectivity index (χ0n) is 23.8. The smallest absolute Gasteiger partial charge is 0.207 e. The molecule has 2 heterocycles. The normalized spacial score (nSPS) is 13.7. The third kappa shape index (κ3) is 8.68.